The first kappa shape index (κ1) is 19.3. The predicted molar refractivity (Wildman–Crippen MR) is 114 cm³/mol. The van der Waals surface area contributed by atoms with Crippen molar-refractivity contribution >= 4 is 40.5 Å². The van der Waals surface area contributed by atoms with Crippen LogP contribution in [0, 0.1) is 0 Å². The van der Waals surface area contributed by atoms with E-state index in [0.717, 1.165) is 5.69 Å². The summed E-state index contributed by atoms with van der Waals surface area (Å²) in [6.45, 7) is 0. The number of pyridine rings is 1. The van der Waals surface area contributed by atoms with Gasteiger partial charge in [-0.05, 0) is 36.4 Å². The zero-order chi connectivity index (χ0) is 20.1. The van der Waals surface area contributed by atoms with Gasteiger partial charge in [0.05, 0.1) is 5.02 Å². The van der Waals surface area contributed by atoms with Crippen LogP contribution in [-0.4, -0.2) is 25.1 Å². The molecule has 1 heterocycles. The molecular formula is C20H20ClN5O2. The second-order valence-corrected chi connectivity index (χ2v) is 6.62. The van der Waals surface area contributed by atoms with Gasteiger partial charge in [-0.3, -0.25) is 0 Å². The largest absolute Gasteiger partial charge is 0.453 e. The Morgan fingerprint density at radius 3 is 2.50 bits per heavy atom. The molecule has 0 aliphatic heterocycles. The van der Waals surface area contributed by atoms with E-state index >= 15 is 0 Å². The number of ether oxygens (including phenoxy) is 1. The van der Waals surface area contributed by atoms with Gasteiger partial charge in [-0.1, -0.05) is 17.7 Å². The molecule has 0 bridgehead atoms. The number of nitrogens with zero attached hydrogens (tertiary/aromatic N) is 2. The molecule has 0 saturated heterocycles. The summed E-state index contributed by atoms with van der Waals surface area (Å²) in [6.07, 6.45) is 1.44. The van der Waals surface area contributed by atoms with E-state index in [1.54, 1.807) is 30.3 Å². The average Bonchev–Trinajstić information content (AvgIpc) is 2.65. The highest BCUT2D eigenvalue weighted by Crippen LogP contribution is 2.29. The molecular weight excluding hydrogens is 378 g/mol. The summed E-state index contributed by atoms with van der Waals surface area (Å²) in [6, 6.07) is 15.7. The van der Waals surface area contributed by atoms with E-state index in [9.17, 15) is 4.79 Å². The molecule has 2 aromatic carbocycles. The van der Waals surface area contributed by atoms with Crippen molar-refractivity contribution in [3.05, 3.63) is 65.8 Å². The maximum absolute atomic E-state index is 12.2. The molecule has 144 valence electrons. The lowest BCUT2D eigenvalue weighted by Crippen LogP contribution is -2.19. The molecule has 8 heteroatoms. The molecule has 4 N–H and O–H groups in total. The van der Waals surface area contributed by atoms with Gasteiger partial charge in [0.1, 0.15) is 5.75 Å². The van der Waals surface area contributed by atoms with Crippen LogP contribution in [0.2, 0.25) is 5.02 Å². The van der Waals surface area contributed by atoms with Crippen LogP contribution >= 0.6 is 11.6 Å². The zero-order valence-corrected chi connectivity index (χ0v) is 16.2. The molecule has 0 radical (unpaired) electrons. The van der Waals surface area contributed by atoms with E-state index in [0.29, 0.717) is 27.9 Å². The minimum atomic E-state index is -0.362. The Kier molecular flexibility index (Phi) is 5.86. The van der Waals surface area contributed by atoms with Crippen LogP contribution in [0.4, 0.5) is 27.7 Å². The third-order valence-corrected chi connectivity index (χ3v) is 4.02. The van der Waals surface area contributed by atoms with Gasteiger partial charge >= 0.3 is 6.03 Å². The summed E-state index contributed by atoms with van der Waals surface area (Å²) >= 11 is 5.92. The SMILES string of the molecule is CN(C)c1ccc(NC(=O)Nc2cccc(Oc3cc(Cl)cnc3N)c2)cc1. The number of urea groups is 1. The third-order valence-electron chi connectivity index (χ3n) is 3.81. The van der Waals surface area contributed by atoms with Crippen LogP contribution in [0.1, 0.15) is 0 Å². The van der Waals surface area contributed by atoms with Gasteiger partial charge in [-0.2, -0.15) is 0 Å². The van der Waals surface area contributed by atoms with Gasteiger partial charge in [-0.15, -0.1) is 0 Å². The number of benzene rings is 2. The number of nitrogens with two attached hydrogens (primary N) is 1. The monoisotopic (exact) mass is 397 g/mol. The van der Waals surface area contributed by atoms with Gasteiger partial charge < -0.3 is 26.0 Å². The molecule has 0 atom stereocenters. The van der Waals surface area contributed by atoms with Crippen LogP contribution in [0.3, 0.4) is 0 Å². The van der Waals surface area contributed by atoms with Crippen molar-refractivity contribution in [3.63, 3.8) is 0 Å². The summed E-state index contributed by atoms with van der Waals surface area (Å²) in [5, 5.41) is 5.97. The molecule has 7 nitrogen and oxygen atoms in total. The highest BCUT2D eigenvalue weighted by atomic mass is 35.5. The minimum Gasteiger partial charge on any atom is -0.453 e. The number of hydrogen-bond donors (Lipinski definition) is 3. The molecule has 2 amide bonds. The smallest absolute Gasteiger partial charge is 0.323 e. The highest BCUT2D eigenvalue weighted by molar-refractivity contribution is 6.30. The Labute approximate surface area is 168 Å². The van der Waals surface area contributed by atoms with Crippen LogP contribution in [-0.2, 0) is 0 Å². The zero-order valence-electron chi connectivity index (χ0n) is 15.4. The Balaban J connectivity index is 1.65. The number of aromatic nitrogens is 1. The normalized spacial score (nSPS) is 10.2. The topological polar surface area (TPSA) is 92.5 Å². The maximum Gasteiger partial charge on any atom is 0.323 e. The number of carbonyl (C=O) groups is 1. The fourth-order valence-corrected chi connectivity index (χ4v) is 2.56. The molecule has 0 fully saturated rings. The quantitative estimate of drug-likeness (QED) is 0.574. The molecule has 0 aliphatic carbocycles. The van der Waals surface area contributed by atoms with Crippen LogP contribution in [0.25, 0.3) is 0 Å². The number of nitrogen functional groups attached to an aromatic ring is 1. The molecule has 0 saturated carbocycles. The predicted octanol–water partition coefficient (Wildman–Crippen LogP) is 4.82. The first-order valence-electron chi connectivity index (χ1n) is 8.45. The fraction of sp³-hybridized carbons (Fsp3) is 0.100. The Morgan fingerprint density at radius 2 is 1.79 bits per heavy atom. The number of halogens is 1. The van der Waals surface area contributed by atoms with E-state index in [1.165, 1.54) is 6.20 Å². The molecule has 28 heavy (non-hydrogen) atoms. The average molecular weight is 398 g/mol. The number of amides is 2. The van der Waals surface area contributed by atoms with Crippen molar-refractivity contribution in [2.24, 2.45) is 0 Å². The molecule has 0 unspecified atom stereocenters. The number of hydrogen-bond acceptors (Lipinski definition) is 5. The Morgan fingerprint density at radius 1 is 1.07 bits per heavy atom. The van der Waals surface area contributed by atoms with E-state index in [2.05, 4.69) is 15.6 Å². The van der Waals surface area contributed by atoms with Gasteiger partial charge in [0.15, 0.2) is 11.6 Å². The second-order valence-electron chi connectivity index (χ2n) is 6.19. The van der Waals surface area contributed by atoms with Gasteiger partial charge in [0.25, 0.3) is 0 Å². The lowest BCUT2D eigenvalue weighted by atomic mass is 10.2. The summed E-state index contributed by atoms with van der Waals surface area (Å²) in [5.41, 5.74) is 8.09. The van der Waals surface area contributed by atoms with E-state index < -0.39 is 0 Å². The van der Waals surface area contributed by atoms with Crippen molar-refractivity contribution in [1.82, 2.24) is 4.98 Å². The second kappa shape index (κ2) is 8.49. The van der Waals surface area contributed by atoms with E-state index in [-0.39, 0.29) is 11.8 Å². The summed E-state index contributed by atoms with van der Waals surface area (Å²) < 4.78 is 5.72. The standard InChI is InChI=1S/C20H20ClN5O2/c1-26(2)16-8-6-14(7-9-16)24-20(27)25-15-4-3-5-17(11-15)28-18-10-13(21)12-23-19(18)22/h3-12H,1-2H3,(H2,22,23)(H2,24,25,27). The van der Waals surface area contributed by atoms with E-state index in [1.807, 2.05) is 43.3 Å². The summed E-state index contributed by atoms with van der Waals surface area (Å²) in [4.78, 5) is 18.2. The summed E-state index contributed by atoms with van der Waals surface area (Å²) in [5.74, 6) is 1.06. The van der Waals surface area contributed by atoms with Crippen LogP contribution < -0.4 is 26.0 Å². The van der Waals surface area contributed by atoms with Gasteiger partial charge in [-0.25, -0.2) is 9.78 Å². The Bertz CT molecular complexity index is 977. The van der Waals surface area contributed by atoms with Crippen molar-refractivity contribution in [2.45, 2.75) is 0 Å². The number of anilines is 4. The van der Waals surface area contributed by atoms with Crippen LogP contribution in [0.15, 0.2) is 60.8 Å². The van der Waals surface area contributed by atoms with Crippen molar-refractivity contribution in [2.75, 3.05) is 35.4 Å². The third kappa shape index (κ3) is 5.05. The van der Waals surface area contributed by atoms with E-state index in [4.69, 9.17) is 22.1 Å². The van der Waals surface area contributed by atoms with Crippen molar-refractivity contribution < 1.29 is 9.53 Å². The first-order valence-corrected chi connectivity index (χ1v) is 8.83. The lowest BCUT2D eigenvalue weighted by molar-refractivity contribution is 0.262. The molecule has 0 spiro atoms. The Hall–Kier alpha value is -3.45. The number of carbonyl (C=O) groups excluding carboxylic acids is 1. The lowest BCUT2D eigenvalue weighted by Gasteiger charge is -2.13. The summed E-state index contributed by atoms with van der Waals surface area (Å²) in [7, 11) is 3.91. The minimum absolute atomic E-state index is 0.224. The number of nitrogens with one attached hydrogen (secondary N) is 2. The highest BCUT2D eigenvalue weighted by Gasteiger charge is 2.07. The molecule has 3 rings (SSSR count). The molecule has 3 aromatic rings. The van der Waals surface area contributed by atoms with Gasteiger partial charge in [0.2, 0.25) is 0 Å². The van der Waals surface area contributed by atoms with Crippen molar-refractivity contribution in [1.29, 1.82) is 0 Å². The first-order chi connectivity index (χ1) is 13.4. The number of rotatable bonds is 5. The van der Waals surface area contributed by atoms with Crippen molar-refractivity contribution in [3.8, 4) is 11.5 Å². The molecule has 1 aromatic heterocycles. The van der Waals surface area contributed by atoms with Crippen LogP contribution in [0.5, 0.6) is 11.5 Å². The fourth-order valence-electron chi connectivity index (χ4n) is 2.41. The molecule has 0 aliphatic rings. The maximum atomic E-state index is 12.2. The van der Waals surface area contributed by atoms with Gasteiger partial charge in [0, 0.05) is 49.5 Å².